The average molecular weight is 401 g/mol. The van der Waals surface area contributed by atoms with Crippen molar-refractivity contribution in [1.29, 1.82) is 0 Å². The molecule has 0 aliphatic carbocycles. The summed E-state index contributed by atoms with van der Waals surface area (Å²) < 4.78 is 5.81. The van der Waals surface area contributed by atoms with E-state index in [0.717, 1.165) is 47.4 Å². The zero-order valence-corrected chi connectivity index (χ0v) is 16.7. The summed E-state index contributed by atoms with van der Waals surface area (Å²) in [5, 5.41) is 10.1. The van der Waals surface area contributed by atoms with Crippen molar-refractivity contribution >= 4 is 29.2 Å². The van der Waals surface area contributed by atoms with Crippen LogP contribution in [-0.2, 0) is 17.6 Å². The molecular weight excluding hydrogens is 376 g/mol. The summed E-state index contributed by atoms with van der Waals surface area (Å²) in [6.45, 7) is 1.93. The van der Waals surface area contributed by atoms with E-state index in [-0.39, 0.29) is 5.91 Å². The second-order valence-electron chi connectivity index (χ2n) is 6.52. The van der Waals surface area contributed by atoms with Crippen LogP contribution in [0.2, 0.25) is 5.02 Å². The van der Waals surface area contributed by atoms with Gasteiger partial charge in [-0.3, -0.25) is 9.79 Å². The molecule has 0 bridgehead atoms. The molecule has 2 aromatic rings. The molecule has 1 aliphatic rings. The molecule has 0 fully saturated rings. The van der Waals surface area contributed by atoms with Gasteiger partial charge in [0.2, 0.25) is 5.91 Å². The maximum absolute atomic E-state index is 11.4. The van der Waals surface area contributed by atoms with E-state index in [1.54, 1.807) is 7.05 Å². The monoisotopic (exact) mass is 400 g/mol. The number of aryl methyl sites for hydroxylation is 1. The minimum atomic E-state index is 0.0697. The fraction of sp³-hybridized carbons (Fsp3) is 0.333. The summed E-state index contributed by atoms with van der Waals surface area (Å²) in [6.07, 6.45) is 2.16. The number of guanidine groups is 1. The number of carbonyl (C=O) groups excluding carboxylic acids is 1. The Bertz CT molecular complexity index is 837. The van der Waals surface area contributed by atoms with Gasteiger partial charge in [0.05, 0.1) is 6.54 Å². The lowest BCUT2D eigenvalue weighted by molar-refractivity contribution is -0.116. The SMILES string of the molecule is CN=C(NCCOc1ccc2c(c1)CCC(=O)N2)NCCc1ccc(Cl)cc1. The highest BCUT2D eigenvalue weighted by Gasteiger charge is 2.14. The third-order valence-corrected chi connectivity index (χ3v) is 4.73. The summed E-state index contributed by atoms with van der Waals surface area (Å²) in [4.78, 5) is 15.6. The van der Waals surface area contributed by atoms with Crippen molar-refractivity contribution in [2.75, 3.05) is 32.1 Å². The van der Waals surface area contributed by atoms with E-state index in [1.165, 1.54) is 5.56 Å². The van der Waals surface area contributed by atoms with Crippen molar-refractivity contribution in [3.05, 3.63) is 58.6 Å². The Balaban J connectivity index is 1.36. The molecule has 0 saturated carbocycles. The maximum Gasteiger partial charge on any atom is 0.224 e. The quantitative estimate of drug-likeness (QED) is 0.379. The van der Waals surface area contributed by atoms with Crippen molar-refractivity contribution in [1.82, 2.24) is 10.6 Å². The Hall–Kier alpha value is -2.73. The molecule has 0 saturated heterocycles. The van der Waals surface area contributed by atoms with Crippen LogP contribution in [0.3, 0.4) is 0 Å². The number of hydrogen-bond donors (Lipinski definition) is 3. The summed E-state index contributed by atoms with van der Waals surface area (Å²) in [7, 11) is 1.75. The smallest absolute Gasteiger partial charge is 0.224 e. The van der Waals surface area contributed by atoms with E-state index in [1.807, 2.05) is 42.5 Å². The van der Waals surface area contributed by atoms with Gasteiger partial charge in [-0.2, -0.15) is 0 Å². The van der Waals surface area contributed by atoms with Gasteiger partial charge >= 0.3 is 0 Å². The fourth-order valence-electron chi connectivity index (χ4n) is 2.98. The fourth-order valence-corrected chi connectivity index (χ4v) is 3.11. The Morgan fingerprint density at radius 3 is 2.71 bits per heavy atom. The predicted molar refractivity (Wildman–Crippen MR) is 113 cm³/mol. The molecule has 3 N–H and O–H groups in total. The summed E-state index contributed by atoms with van der Waals surface area (Å²) in [6, 6.07) is 13.6. The number of halogens is 1. The molecule has 1 amide bonds. The van der Waals surface area contributed by atoms with Crippen molar-refractivity contribution in [3.63, 3.8) is 0 Å². The van der Waals surface area contributed by atoms with Crippen LogP contribution < -0.4 is 20.7 Å². The minimum Gasteiger partial charge on any atom is -0.492 e. The first-order valence-electron chi connectivity index (χ1n) is 9.38. The van der Waals surface area contributed by atoms with E-state index in [0.29, 0.717) is 19.6 Å². The van der Waals surface area contributed by atoms with E-state index < -0.39 is 0 Å². The van der Waals surface area contributed by atoms with Crippen LogP contribution >= 0.6 is 11.6 Å². The highest BCUT2D eigenvalue weighted by molar-refractivity contribution is 6.30. The zero-order chi connectivity index (χ0) is 19.8. The van der Waals surface area contributed by atoms with Crippen molar-refractivity contribution in [3.8, 4) is 5.75 Å². The molecule has 148 valence electrons. The number of rotatable bonds is 7. The topological polar surface area (TPSA) is 74.8 Å². The first kappa shape index (κ1) is 20.0. The van der Waals surface area contributed by atoms with Gasteiger partial charge < -0.3 is 20.7 Å². The van der Waals surface area contributed by atoms with Gasteiger partial charge in [0, 0.05) is 30.7 Å². The van der Waals surface area contributed by atoms with E-state index in [2.05, 4.69) is 20.9 Å². The van der Waals surface area contributed by atoms with Gasteiger partial charge in [0.15, 0.2) is 5.96 Å². The first-order valence-corrected chi connectivity index (χ1v) is 9.76. The summed E-state index contributed by atoms with van der Waals surface area (Å²) >= 11 is 5.90. The van der Waals surface area contributed by atoms with Crippen LogP contribution in [0.1, 0.15) is 17.5 Å². The molecule has 6 nitrogen and oxygen atoms in total. The van der Waals surface area contributed by atoms with Crippen LogP contribution in [0.25, 0.3) is 0 Å². The van der Waals surface area contributed by atoms with Gasteiger partial charge in [-0.05, 0) is 54.3 Å². The molecule has 7 heteroatoms. The summed E-state index contributed by atoms with van der Waals surface area (Å²) in [5.74, 6) is 1.62. The van der Waals surface area contributed by atoms with Crippen LogP contribution in [0.5, 0.6) is 5.75 Å². The molecule has 2 aromatic carbocycles. The highest BCUT2D eigenvalue weighted by atomic mass is 35.5. The van der Waals surface area contributed by atoms with Gasteiger partial charge in [0.25, 0.3) is 0 Å². The Labute approximate surface area is 170 Å². The van der Waals surface area contributed by atoms with Gasteiger partial charge in [-0.25, -0.2) is 0 Å². The standard InChI is InChI=1S/C21H25ClN4O2/c1-23-21(24-11-10-15-2-5-17(22)6-3-15)25-12-13-28-18-7-8-19-16(14-18)4-9-20(27)26-19/h2-3,5-8,14H,4,9-13H2,1H3,(H,26,27)(H2,23,24,25). The normalized spacial score (nSPS) is 13.5. The number of nitrogens with one attached hydrogen (secondary N) is 3. The van der Waals surface area contributed by atoms with Gasteiger partial charge in [-0.15, -0.1) is 0 Å². The van der Waals surface area contributed by atoms with Crippen LogP contribution in [-0.4, -0.2) is 38.6 Å². The molecule has 3 rings (SSSR count). The van der Waals surface area contributed by atoms with Crippen LogP contribution in [0.4, 0.5) is 5.69 Å². The number of anilines is 1. The van der Waals surface area contributed by atoms with Crippen molar-refractivity contribution < 1.29 is 9.53 Å². The Morgan fingerprint density at radius 2 is 1.93 bits per heavy atom. The Kier molecular flexibility index (Phi) is 7.14. The number of benzene rings is 2. The van der Waals surface area contributed by atoms with Crippen LogP contribution in [0.15, 0.2) is 47.5 Å². The molecule has 1 aliphatic heterocycles. The van der Waals surface area contributed by atoms with E-state index >= 15 is 0 Å². The Morgan fingerprint density at radius 1 is 1.14 bits per heavy atom. The van der Waals surface area contributed by atoms with Crippen molar-refractivity contribution in [2.45, 2.75) is 19.3 Å². The largest absolute Gasteiger partial charge is 0.492 e. The third kappa shape index (κ3) is 5.89. The third-order valence-electron chi connectivity index (χ3n) is 4.48. The van der Waals surface area contributed by atoms with E-state index in [9.17, 15) is 4.79 Å². The highest BCUT2D eigenvalue weighted by Crippen LogP contribution is 2.26. The molecule has 1 heterocycles. The second kappa shape index (κ2) is 9.99. The van der Waals surface area contributed by atoms with Gasteiger partial charge in [-0.1, -0.05) is 23.7 Å². The predicted octanol–water partition coefficient (Wildman–Crippen LogP) is 3.01. The number of nitrogens with zero attached hydrogens (tertiary/aromatic N) is 1. The molecular formula is C21H25ClN4O2. The lowest BCUT2D eigenvalue weighted by atomic mass is 10.0. The molecule has 0 atom stereocenters. The number of hydrogen-bond acceptors (Lipinski definition) is 3. The number of carbonyl (C=O) groups is 1. The lowest BCUT2D eigenvalue weighted by Crippen LogP contribution is -2.40. The molecule has 0 spiro atoms. The van der Waals surface area contributed by atoms with E-state index in [4.69, 9.17) is 16.3 Å². The molecule has 28 heavy (non-hydrogen) atoms. The average Bonchev–Trinajstić information content (AvgIpc) is 2.71. The zero-order valence-electron chi connectivity index (χ0n) is 15.9. The minimum absolute atomic E-state index is 0.0697. The van der Waals surface area contributed by atoms with Crippen LogP contribution in [0, 0.1) is 0 Å². The molecule has 0 aromatic heterocycles. The molecule has 0 unspecified atom stereocenters. The second-order valence-corrected chi connectivity index (χ2v) is 6.95. The number of fused-ring (bicyclic) bond motifs is 1. The maximum atomic E-state index is 11.4. The first-order chi connectivity index (χ1) is 13.6. The van der Waals surface area contributed by atoms with Crippen molar-refractivity contribution in [2.24, 2.45) is 4.99 Å². The number of ether oxygens (including phenoxy) is 1. The number of aliphatic imine (C=N–C) groups is 1. The lowest BCUT2D eigenvalue weighted by Gasteiger charge is -2.18. The summed E-state index contributed by atoms with van der Waals surface area (Å²) in [5.41, 5.74) is 3.22. The number of amides is 1. The van der Waals surface area contributed by atoms with Gasteiger partial charge in [0.1, 0.15) is 12.4 Å². The molecule has 0 radical (unpaired) electrons.